The predicted octanol–water partition coefficient (Wildman–Crippen LogP) is -2.86. The Morgan fingerprint density at radius 1 is 0.528 bits per heavy atom. The van der Waals surface area contributed by atoms with Crippen LogP contribution in [0.3, 0.4) is 0 Å². The Morgan fingerprint density at radius 2 is 0.833 bits per heavy atom. The van der Waals surface area contributed by atoms with E-state index in [2.05, 4.69) is 30.6 Å². The van der Waals surface area contributed by atoms with E-state index in [9.17, 15) is 10.2 Å². The number of pyridine rings is 4. The van der Waals surface area contributed by atoms with Gasteiger partial charge in [-0.15, -0.1) is 10.2 Å². The van der Waals surface area contributed by atoms with Crippen LogP contribution in [0.5, 0.6) is 0 Å². The van der Waals surface area contributed by atoms with Crippen molar-refractivity contribution >= 4 is 11.6 Å². The average Bonchev–Trinajstić information content (AvgIpc) is 2.86. The number of hydrogen-bond donors (Lipinski definition) is 2. The molecule has 2 N–H and O–H groups in total. The first-order valence-corrected chi connectivity index (χ1v) is 11.1. The van der Waals surface area contributed by atoms with Crippen molar-refractivity contribution in [1.29, 1.82) is 0 Å². The summed E-state index contributed by atoms with van der Waals surface area (Å²) in [7, 11) is -4.94. The molecule has 0 radical (unpaired) electrons. The Balaban J connectivity index is 0.000000298. The van der Waals surface area contributed by atoms with E-state index in [-0.39, 0.29) is 16.8 Å². The number of anilines is 2. The summed E-state index contributed by atoms with van der Waals surface area (Å²) in [6, 6.07) is 21.2. The zero-order valence-electron chi connectivity index (χ0n) is 18.3. The molecule has 0 aliphatic heterocycles. The van der Waals surface area contributed by atoms with Crippen LogP contribution in [0, 0.1) is 10.2 Å². The quantitative estimate of drug-likeness (QED) is 0.228. The van der Waals surface area contributed by atoms with Crippen molar-refractivity contribution in [2.45, 2.75) is 12.5 Å². The second-order valence-corrected chi connectivity index (χ2v) is 7.12. The SMILES string of the molecule is [Co+3].[O-][C@H](Nc1ccccn1)c1ccccn1.[O-][C@H](Nc1ccccn1)c1ccccn1.[O-][Cl+3]([O-])([O-])[O-]. The van der Waals surface area contributed by atoms with Gasteiger partial charge in [0.1, 0.15) is 11.6 Å². The van der Waals surface area contributed by atoms with Crippen LogP contribution in [0.4, 0.5) is 11.6 Å². The number of aromatic nitrogens is 4. The van der Waals surface area contributed by atoms with Crippen LogP contribution in [-0.4, -0.2) is 19.9 Å². The smallest absolute Gasteiger partial charge is 0.832 e. The topological polar surface area (TPSA) is 214 Å². The van der Waals surface area contributed by atoms with E-state index in [1.54, 1.807) is 85.5 Å². The summed E-state index contributed by atoms with van der Waals surface area (Å²) < 4.78 is 34.0. The Labute approximate surface area is 219 Å². The third-order valence-electron chi connectivity index (χ3n) is 3.80. The second-order valence-electron chi connectivity index (χ2n) is 6.37. The summed E-state index contributed by atoms with van der Waals surface area (Å²) in [6.07, 6.45) is 4.30. The molecule has 14 heteroatoms. The molecule has 0 aliphatic carbocycles. The van der Waals surface area contributed by atoms with E-state index < -0.39 is 22.7 Å². The first-order chi connectivity index (χ1) is 16.7. The molecule has 0 aromatic carbocycles. The molecule has 36 heavy (non-hydrogen) atoms. The summed E-state index contributed by atoms with van der Waals surface area (Å²) >= 11 is 0. The van der Waals surface area contributed by atoms with Gasteiger partial charge in [-0.25, -0.2) is 28.6 Å². The van der Waals surface area contributed by atoms with Gasteiger partial charge in [0.15, 0.2) is 0 Å². The van der Waals surface area contributed by atoms with Crippen LogP contribution < -0.4 is 39.5 Å². The molecular weight excluding hydrogens is 539 g/mol. The molecule has 4 aromatic heterocycles. The fourth-order valence-corrected chi connectivity index (χ4v) is 2.37. The first-order valence-electron chi connectivity index (χ1n) is 9.83. The van der Waals surface area contributed by atoms with Gasteiger partial charge in [-0.1, -0.05) is 24.3 Å². The average molecular weight is 559 g/mol. The number of nitrogens with one attached hydrogen (secondary N) is 2. The van der Waals surface area contributed by atoms with Gasteiger partial charge in [-0.2, -0.15) is 0 Å². The fourth-order valence-electron chi connectivity index (χ4n) is 2.37. The van der Waals surface area contributed by atoms with Crippen molar-refractivity contribution < 1.29 is 55.9 Å². The summed E-state index contributed by atoms with van der Waals surface area (Å²) in [5.74, 6) is 1.12. The molecule has 190 valence electrons. The number of rotatable bonds is 6. The molecule has 0 saturated heterocycles. The van der Waals surface area contributed by atoms with Crippen molar-refractivity contribution in [2.75, 3.05) is 10.6 Å². The molecule has 0 amide bonds. The van der Waals surface area contributed by atoms with Crippen LogP contribution in [-0.2, 0) is 16.8 Å². The maximum absolute atomic E-state index is 11.7. The molecule has 0 saturated carbocycles. The van der Waals surface area contributed by atoms with Crippen LogP contribution in [0.2, 0.25) is 0 Å². The molecule has 0 fully saturated rings. The standard InChI is InChI=1S/2C11H10N3O.ClHO4.Co/c2*15-11(9-5-1-3-7-12-9)14-10-6-2-4-8-13-10;2-1(3,4)5;/h2*1-8,11H,(H,13,14);(H,2,3,4,5);/q2*-1;;+3/p-1/t2*11-;;/m00../s1. The summed E-state index contributed by atoms with van der Waals surface area (Å²) in [5.41, 5.74) is 0.923. The van der Waals surface area contributed by atoms with Gasteiger partial charge in [0.25, 0.3) is 0 Å². The molecule has 4 rings (SSSR count). The Kier molecular flexibility index (Phi) is 14.1. The molecule has 4 aromatic rings. The number of nitrogens with zero attached hydrogens (tertiary/aromatic N) is 4. The molecule has 0 unspecified atom stereocenters. The third kappa shape index (κ3) is 13.6. The zero-order chi connectivity index (χ0) is 25.5. The molecule has 0 bridgehead atoms. The number of halogens is 1. The monoisotopic (exact) mass is 558 g/mol. The van der Waals surface area contributed by atoms with Crippen LogP contribution in [0.15, 0.2) is 97.6 Å². The van der Waals surface area contributed by atoms with Crippen molar-refractivity contribution in [3.63, 3.8) is 0 Å². The van der Waals surface area contributed by atoms with Crippen LogP contribution >= 0.6 is 0 Å². The minimum Gasteiger partial charge on any atom is -0.832 e. The summed E-state index contributed by atoms with van der Waals surface area (Å²) in [4.78, 5) is 16.0. The van der Waals surface area contributed by atoms with E-state index in [1.165, 1.54) is 0 Å². The van der Waals surface area contributed by atoms with Crippen LogP contribution in [0.25, 0.3) is 0 Å². The molecular formula is C22H20ClCoN6O6. The summed E-state index contributed by atoms with van der Waals surface area (Å²) in [6.45, 7) is 0. The van der Waals surface area contributed by atoms with Gasteiger partial charge < -0.3 is 20.8 Å². The van der Waals surface area contributed by atoms with E-state index >= 15 is 0 Å². The number of hydrogen-bond acceptors (Lipinski definition) is 12. The molecule has 0 aliphatic rings. The minimum absolute atomic E-state index is 0. The van der Waals surface area contributed by atoms with Crippen LogP contribution in [0.1, 0.15) is 23.8 Å². The largest absolute Gasteiger partial charge is 3.00 e. The van der Waals surface area contributed by atoms with Crippen molar-refractivity contribution in [3.8, 4) is 0 Å². The van der Waals surface area contributed by atoms with E-state index in [0.717, 1.165) is 0 Å². The maximum atomic E-state index is 11.7. The maximum Gasteiger partial charge on any atom is 3.00 e. The Bertz CT molecular complexity index is 997. The third-order valence-corrected chi connectivity index (χ3v) is 3.80. The fraction of sp³-hybridized carbons (Fsp3) is 0.0909. The molecule has 2 atom stereocenters. The van der Waals surface area contributed by atoms with E-state index in [4.69, 9.17) is 18.6 Å². The van der Waals surface area contributed by atoms with E-state index in [0.29, 0.717) is 23.0 Å². The zero-order valence-corrected chi connectivity index (χ0v) is 20.1. The van der Waals surface area contributed by atoms with Crippen molar-refractivity contribution in [2.24, 2.45) is 0 Å². The normalized spacial score (nSPS) is 11.7. The Morgan fingerprint density at radius 3 is 1.08 bits per heavy atom. The van der Waals surface area contributed by atoms with Gasteiger partial charge >= 0.3 is 16.8 Å². The summed E-state index contributed by atoms with van der Waals surface area (Å²) in [5, 5.41) is 28.8. The van der Waals surface area contributed by atoms with Gasteiger partial charge in [-0.05, 0) is 61.0 Å². The second kappa shape index (κ2) is 16.4. The minimum atomic E-state index is -4.94. The molecule has 4 heterocycles. The molecule has 0 spiro atoms. The van der Waals surface area contributed by atoms with Crippen molar-refractivity contribution in [3.05, 3.63) is 109 Å². The van der Waals surface area contributed by atoms with Gasteiger partial charge in [0.05, 0.1) is 0 Å². The van der Waals surface area contributed by atoms with Gasteiger partial charge in [0.2, 0.25) is 0 Å². The Hall–Kier alpha value is -3.24. The molecule has 12 nitrogen and oxygen atoms in total. The van der Waals surface area contributed by atoms with E-state index in [1.807, 2.05) is 12.1 Å². The van der Waals surface area contributed by atoms with Gasteiger partial charge in [0, 0.05) is 36.2 Å². The first kappa shape index (κ1) is 30.8. The predicted molar refractivity (Wildman–Crippen MR) is 110 cm³/mol. The van der Waals surface area contributed by atoms with Gasteiger partial charge in [-0.3, -0.25) is 9.97 Å². The van der Waals surface area contributed by atoms with Crippen molar-refractivity contribution in [1.82, 2.24) is 19.9 Å².